The van der Waals surface area contributed by atoms with Crippen LogP contribution in [-0.4, -0.2) is 46.9 Å². The zero-order valence-electron chi connectivity index (χ0n) is 15.3. The summed E-state index contributed by atoms with van der Waals surface area (Å²) in [6.45, 7) is 2.43. The molecule has 0 N–H and O–H groups in total. The number of aromatic nitrogens is 1. The maximum atomic E-state index is 13.4. The van der Waals surface area contributed by atoms with Crippen LogP contribution in [0.2, 0.25) is 0 Å². The topological polar surface area (TPSA) is 79.6 Å². The molecule has 148 valence electrons. The number of amides is 1. The molecule has 4 rings (SSSR count). The van der Waals surface area contributed by atoms with E-state index in [1.807, 2.05) is 0 Å². The van der Waals surface area contributed by atoms with Crippen molar-refractivity contribution in [1.82, 2.24) is 9.88 Å². The largest absolute Gasteiger partial charge is 0.345 e. The van der Waals surface area contributed by atoms with E-state index in [1.54, 1.807) is 29.2 Å². The monoisotopic (exact) mass is 412 g/mol. The molecule has 29 heavy (non-hydrogen) atoms. The highest BCUT2D eigenvalue weighted by Gasteiger charge is 2.22. The third-order valence-electron chi connectivity index (χ3n) is 4.72. The van der Waals surface area contributed by atoms with Gasteiger partial charge in [-0.15, -0.1) is 0 Å². The van der Waals surface area contributed by atoms with E-state index in [4.69, 9.17) is 0 Å². The first-order chi connectivity index (χ1) is 14.0. The molecule has 7 nitrogen and oxygen atoms in total. The molecule has 0 atom stereocenters. The first kappa shape index (κ1) is 19.0. The average Bonchev–Trinajstić information content (AvgIpc) is 3.15. The van der Waals surface area contributed by atoms with Crippen LogP contribution in [0.5, 0.6) is 0 Å². The molecule has 0 bridgehead atoms. The Kier molecular flexibility index (Phi) is 5.22. The van der Waals surface area contributed by atoms with Gasteiger partial charge in [0, 0.05) is 44.4 Å². The number of carbonyl (C=O) groups excluding carboxylic acids is 1. The number of benzene rings is 2. The van der Waals surface area contributed by atoms with Crippen LogP contribution in [0.4, 0.5) is 15.2 Å². The van der Waals surface area contributed by atoms with Crippen molar-refractivity contribution in [3.05, 3.63) is 70.0 Å². The Hall–Kier alpha value is -3.33. The number of non-ortho nitro benzene ring substituents is 1. The van der Waals surface area contributed by atoms with Crippen molar-refractivity contribution < 1.29 is 14.1 Å². The smallest absolute Gasteiger partial charge is 0.269 e. The van der Waals surface area contributed by atoms with Crippen LogP contribution in [0, 0.1) is 15.9 Å². The van der Waals surface area contributed by atoms with Crippen molar-refractivity contribution in [3.8, 4) is 0 Å². The summed E-state index contributed by atoms with van der Waals surface area (Å²) >= 11 is 1.45. The van der Waals surface area contributed by atoms with E-state index in [9.17, 15) is 19.3 Å². The molecule has 0 radical (unpaired) electrons. The van der Waals surface area contributed by atoms with Gasteiger partial charge in [0.2, 0.25) is 5.91 Å². The summed E-state index contributed by atoms with van der Waals surface area (Å²) in [4.78, 5) is 31.1. The quantitative estimate of drug-likeness (QED) is 0.371. The van der Waals surface area contributed by atoms with Crippen molar-refractivity contribution in [2.45, 2.75) is 0 Å². The van der Waals surface area contributed by atoms with Gasteiger partial charge >= 0.3 is 0 Å². The number of thiazole rings is 1. The highest BCUT2D eigenvalue weighted by molar-refractivity contribution is 7.22. The molecule has 9 heteroatoms. The molecule has 1 aliphatic rings. The SMILES string of the molecule is O=C(/C=C\c1ccc([N+](=O)[O-])cc1)N1CCN(c2nc3ccc(F)cc3s2)CC1. The molecular weight excluding hydrogens is 395 g/mol. The molecule has 2 aromatic carbocycles. The average molecular weight is 412 g/mol. The lowest BCUT2D eigenvalue weighted by Crippen LogP contribution is -2.48. The summed E-state index contributed by atoms with van der Waals surface area (Å²) in [6, 6.07) is 10.6. The minimum atomic E-state index is -0.458. The van der Waals surface area contributed by atoms with Gasteiger partial charge in [-0.05, 0) is 42.0 Å². The van der Waals surface area contributed by atoms with E-state index < -0.39 is 4.92 Å². The van der Waals surface area contributed by atoms with Gasteiger partial charge < -0.3 is 9.80 Å². The number of carbonyl (C=O) groups is 1. The van der Waals surface area contributed by atoms with Crippen LogP contribution in [0.3, 0.4) is 0 Å². The Morgan fingerprint density at radius 3 is 2.55 bits per heavy atom. The van der Waals surface area contributed by atoms with Crippen molar-refractivity contribution in [2.75, 3.05) is 31.1 Å². The molecule has 1 amide bonds. The number of nitro groups is 1. The number of fused-ring (bicyclic) bond motifs is 1. The van der Waals surface area contributed by atoms with E-state index in [2.05, 4.69) is 9.88 Å². The second-order valence-electron chi connectivity index (χ2n) is 6.60. The number of anilines is 1. The van der Waals surface area contributed by atoms with Gasteiger partial charge in [0.05, 0.1) is 15.1 Å². The third-order valence-corrected chi connectivity index (χ3v) is 5.80. The molecule has 0 saturated carbocycles. The predicted octanol–water partition coefficient (Wildman–Crippen LogP) is 3.71. The fourth-order valence-electron chi connectivity index (χ4n) is 3.12. The summed E-state index contributed by atoms with van der Waals surface area (Å²) in [5, 5.41) is 11.5. The first-order valence-corrected chi connectivity index (χ1v) is 9.84. The van der Waals surface area contributed by atoms with Crippen LogP contribution < -0.4 is 4.90 Å². The zero-order chi connectivity index (χ0) is 20.4. The molecule has 0 aliphatic carbocycles. The van der Waals surface area contributed by atoms with E-state index in [0.717, 1.165) is 20.9 Å². The molecule has 2 heterocycles. The van der Waals surface area contributed by atoms with Gasteiger partial charge in [0.1, 0.15) is 5.82 Å². The Bertz CT molecular complexity index is 1090. The highest BCUT2D eigenvalue weighted by Crippen LogP contribution is 2.29. The van der Waals surface area contributed by atoms with Crippen molar-refractivity contribution >= 4 is 44.4 Å². The Morgan fingerprint density at radius 1 is 1.14 bits per heavy atom. The Balaban J connectivity index is 1.35. The number of halogens is 1. The summed E-state index contributed by atoms with van der Waals surface area (Å²) < 4.78 is 14.2. The standard InChI is InChI=1S/C20H17FN4O3S/c21-15-4-7-17-18(13-15)29-20(22-17)24-11-9-23(10-12-24)19(26)8-3-14-1-5-16(6-2-14)25(27)28/h1-8,13H,9-12H2/b8-3-. The summed E-state index contributed by atoms with van der Waals surface area (Å²) in [7, 11) is 0. The lowest BCUT2D eigenvalue weighted by Gasteiger charge is -2.34. The fraction of sp³-hybridized carbons (Fsp3) is 0.200. The van der Waals surface area contributed by atoms with Crippen LogP contribution in [-0.2, 0) is 4.79 Å². The second kappa shape index (κ2) is 7.96. The lowest BCUT2D eigenvalue weighted by molar-refractivity contribution is -0.384. The van der Waals surface area contributed by atoms with Crippen molar-refractivity contribution in [3.63, 3.8) is 0 Å². The minimum absolute atomic E-state index is 0.0159. The maximum Gasteiger partial charge on any atom is 0.269 e. The second-order valence-corrected chi connectivity index (χ2v) is 7.61. The highest BCUT2D eigenvalue weighted by atomic mass is 32.1. The number of hydrogen-bond acceptors (Lipinski definition) is 6. The van der Waals surface area contributed by atoms with E-state index in [-0.39, 0.29) is 17.4 Å². The van der Waals surface area contributed by atoms with E-state index in [1.165, 1.54) is 41.7 Å². The van der Waals surface area contributed by atoms with E-state index in [0.29, 0.717) is 26.2 Å². The molecule has 1 fully saturated rings. The molecular formula is C20H17FN4O3S. The van der Waals surface area contributed by atoms with Gasteiger partial charge in [-0.25, -0.2) is 9.37 Å². The Morgan fingerprint density at radius 2 is 1.86 bits per heavy atom. The number of piperazine rings is 1. The van der Waals surface area contributed by atoms with Crippen molar-refractivity contribution in [1.29, 1.82) is 0 Å². The van der Waals surface area contributed by atoms with Crippen LogP contribution in [0.15, 0.2) is 48.5 Å². The number of rotatable bonds is 4. The Labute approximate surface area is 169 Å². The third kappa shape index (κ3) is 4.24. The number of hydrogen-bond donors (Lipinski definition) is 0. The van der Waals surface area contributed by atoms with Gasteiger partial charge in [-0.2, -0.15) is 0 Å². The molecule has 0 spiro atoms. The molecule has 1 aliphatic heterocycles. The summed E-state index contributed by atoms with van der Waals surface area (Å²) in [5.74, 6) is -0.378. The van der Waals surface area contributed by atoms with Gasteiger partial charge in [-0.3, -0.25) is 14.9 Å². The summed E-state index contributed by atoms with van der Waals surface area (Å²) in [6.07, 6.45) is 3.14. The molecule has 1 saturated heterocycles. The first-order valence-electron chi connectivity index (χ1n) is 9.02. The normalized spacial score (nSPS) is 14.7. The van der Waals surface area contributed by atoms with Gasteiger partial charge in [0.15, 0.2) is 5.13 Å². The molecule has 1 aromatic heterocycles. The maximum absolute atomic E-state index is 13.4. The fourth-order valence-corrected chi connectivity index (χ4v) is 4.16. The van der Waals surface area contributed by atoms with Crippen molar-refractivity contribution in [2.24, 2.45) is 0 Å². The van der Waals surface area contributed by atoms with Crippen LogP contribution in [0.25, 0.3) is 16.3 Å². The summed E-state index contributed by atoms with van der Waals surface area (Å²) in [5.41, 5.74) is 1.52. The van der Waals surface area contributed by atoms with Crippen LogP contribution >= 0.6 is 11.3 Å². The van der Waals surface area contributed by atoms with Crippen LogP contribution in [0.1, 0.15) is 5.56 Å². The molecule has 3 aromatic rings. The lowest BCUT2D eigenvalue weighted by atomic mass is 10.2. The predicted molar refractivity (Wildman–Crippen MR) is 111 cm³/mol. The van der Waals surface area contributed by atoms with Gasteiger partial charge in [0.25, 0.3) is 5.69 Å². The van der Waals surface area contributed by atoms with E-state index >= 15 is 0 Å². The zero-order valence-corrected chi connectivity index (χ0v) is 16.1. The van der Waals surface area contributed by atoms with Gasteiger partial charge in [-0.1, -0.05) is 11.3 Å². The number of nitro benzene ring substituents is 1. The number of nitrogens with zero attached hydrogens (tertiary/aromatic N) is 4. The minimum Gasteiger partial charge on any atom is -0.345 e. The molecule has 0 unspecified atom stereocenters.